The van der Waals surface area contributed by atoms with Gasteiger partial charge in [-0.25, -0.2) is 4.85 Å². The number of nitrogens with zero attached hydrogens (tertiary/aromatic N) is 2. The molecule has 51 heavy (non-hydrogen) atoms. The molecular formula is C49H26N2. The van der Waals surface area contributed by atoms with Crippen LogP contribution in [0.15, 0.2) is 158 Å². The first-order valence-corrected chi connectivity index (χ1v) is 17.3. The van der Waals surface area contributed by atoms with Gasteiger partial charge in [-0.2, -0.15) is 5.26 Å². The van der Waals surface area contributed by atoms with Crippen molar-refractivity contribution >= 4 is 16.5 Å². The molecule has 3 aliphatic carbocycles. The van der Waals surface area contributed by atoms with E-state index in [4.69, 9.17) is 6.57 Å². The summed E-state index contributed by atoms with van der Waals surface area (Å²) in [5, 5.41) is 12.4. The highest BCUT2D eigenvalue weighted by atomic mass is 14.6. The second-order valence-electron chi connectivity index (χ2n) is 13.8. The van der Waals surface area contributed by atoms with Crippen molar-refractivity contribution in [1.82, 2.24) is 0 Å². The number of nitriles is 1. The van der Waals surface area contributed by atoms with Crippen molar-refractivity contribution in [3.63, 3.8) is 0 Å². The Morgan fingerprint density at radius 2 is 1.06 bits per heavy atom. The first-order chi connectivity index (χ1) is 25.2. The molecule has 1 spiro atoms. The predicted octanol–water partition coefficient (Wildman–Crippen LogP) is 12.6. The van der Waals surface area contributed by atoms with Crippen LogP contribution in [0.3, 0.4) is 0 Å². The molecule has 232 valence electrons. The lowest BCUT2D eigenvalue weighted by atomic mass is 9.69. The number of hydrogen-bond donors (Lipinski definition) is 0. The molecule has 0 radical (unpaired) electrons. The van der Waals surface area contributed by atoms with Crippen molar-refractivity contribution in [3.05, 3.63) is 197 Å². The molecule has 0 atom stereocenters. The fraction of sp³-hybridized carbons (Fsp3) is 0.0204. The van der Waals surface area contributed by atoms with Crippen LogP contribution in [0.25, 0.3) is 82.4 Å². The van der Waals surface area contributed by atoms with Gasteiger partial charge in [0.15, 0.2) is 5.69 Å². The molecule has 2 nitrogen and oxygen atoms in total. The van der Waals surface area contributed by atoms with E-state index in [1.165, 1.54) is 83.1 Å². The molecule has 0 amide bonds. The van der Waals surface area contributed by atoms with Crippen LogP contribution in [0.2, 0.25) is 0 Å². The minimum atomic E-state index is -0.477. The molecule has 2 heteroatoms. The van der Waals surface area contributed by atoms with Gasteiger partial charge in [0.05, 0.1) is 18.1 Å². The third-order valence-electron chi connectivity index (χ3n) is 11.4. The van der Waals surface area contributed by atoms with E-state index in [9.17, 15) is 5.26 Å². The monoisotopic (exact) mass is 642 g/mol. The van der Waals surface area contributed by atoms with Gasteiger partial charge in [-0.05, 0) is 130 Å². The van der Waals surface area contributed by atoms with Crippen molar-refractivity contribution in [2.24, 2.45) is 0 Å². The zero-order valence-electron chi connectivity index (χ0n) is 27.4. The van der Waals surface area contributed by atoms with Gasteiger partial charge in [0.1, 0.15) is 0 Å². The highest BCUT2D eigenvalue weighted by Gasteiger charge is 2.53. The molecule has 0 aromatic heterocycles. The number of hydrogen-bond acceptors (Lipinski definition) is 1. The highest BCUT2D eigenvalue weighted by molar-refractivity contribution is 6.21. The van der Waals surface area contributed by atoms with Gasteiger partial charge < -0.3 is 0 Å². The number of benzene rings is 8. The summed E-state index contributed by atoms with van der Waals surface area (Å²) in [4.78, 5) is 3.69. The second-order valence-corrected chi connectivity index (χ2v) is 13.8. The van der Waals surface area contributed by atoms with E-state index in [0.29, 0.717) is 11.3 Å². The summed E-state index contributed by atoms with van der Waals surface area (Å²) in [5.74, 6) is 0. The minimum Gasteiger partial charge on any atom is -0.238 e. The summed E-state index contributed by atoms with van der Waals surface area (Å²) in [7, 11) is 0. The minimum absolute atomic E-state index is 0.465. The molecule has 0 saturated carbocycles. The highest BCUT2D eigenvalue weighted by Crippen LogP contribution is 2.67. The fourth-order valence-corrected chi connectivity index (χ4v) is 9.56. The quantitative estimate of drug-likeness (QED) is 0.172. The molecule has 3 aliphatic rings. The van der Waals surface area contributed by atoms with Crippen LogP contribution in [-0.4, -0.2) is 0 Å². The average molecular weight is 643 g/mol. The van der Waals surface area contributed by atoms with E-state index in [1.54, 1.807) is 6.07 Å². The van der Waals surface area contributed by atoms with E-state index >= 15 is 0 Å². The zero-order chi connectivity index (χ0) is 33.8. The Labute approximate surface area is 296 Å². The van der Waals surface area contributed by atoms with E-state index in [1.807, 2.05) is 12.1 Å². The SMILES string of the molecule is [C-]#[N+]c1cc(C#N)cc(-c2cccc(-c3c4c(cc5c3-c3ccccc3C53c5ccccc5-c5ccccc53)-c3cccc5cccc-4c35)c2)c1. The van der Waals surface area contributed by atoms with Gasteiger partial charge in [-0.1, -0.05) is 127 Å². The van der Waals surface area contributed by atoms with Crippen LogP contribution in [-0.2, 0) is 5.41 Å². The predicted molar refractivity (Wildman–Crippen MR) is 207 cm³/mol. The summed E-state index contributed by atoms with van der Waals surface area (Å²) in [6.07, 6.45) is 0. The van der Waals surface area contributed by atoms with Crippen LogP contribution in [0.1, 0.15) is 27.8 Å². The number of fused-ring (bicyclic) bond motifs is 13. The standard InChI is InChI=1S/C49H26N2/c1-51-34-24-29(28-50)23-33(26-34)31-13-8-14-32(25-31)46-47-39-19-10-12-30-11-9-18-37(45(30)39)40(47)27-44-48(46)38-17-4-7-22-43(38)49(44)41-20-5-2-15-35(41)36-16-3-6-21-42(36)49/h2-27H. The van der Waals surface area contributed by atoms with E-state index in [-0.39, 0.29) is 0 Å². The van der Waals surface area contributed by atoms with Crippen molar-refractivity contribution in [2.45, 2.75) is 5.41 Å². The van der Waals surface area contributed by atoms with Crippen LogP contribution < -0.4 is 0 Å². The number of rotatable bonds is 2. The Balaban J connectivity index is 1.31. The van der Waals surface area contributed by atoms with Gasteiger partial charge in [-0.3, -0.25) is 0 Å². The van der Waals surface area contributed by atoms with Crippen LogP contribution >= 0.6 is 0 Å². The van der Waals surface area contributed by atoms with E-state index < -0.39 is 5.41 Å². The van der Waals surface area contributed by atoms with Crippen molar-refractivity contribution in [1.29, 1.82) is 5.26 Å². The van der Waals surface area contributed by atoms with E-state index in [0.717, 1.165) is 16.7 Å². The Morgan fingerprint density at radius 1 is 0.451 bits per heavy atom. The van der Waals surface area contributed by atoms with Crippen LogP contribution in [0.5, 0.6) is 0 Å². The van der Waals surface area contributed by atoms with Crippen molar-refractivity contribution < 1.29 is 0 Å². The lowest BCUT2D eigenvalue weighted by Gasteiger charge is -2.31. The smallest absolute Gasteiger partial charge is 0.189 e. The maximum atomic E-state index is 9.81. The Kier molecular flexibility index (Phi) is 5.48. The van der Waals surface area contributed by atoms with E-state index in [2.05, 4.69) is 150 Å². The van der Waals surface area contributed by atoms with Crippen molar-refractivity contribution in [3.8, 4) is 72.8 Å². The lowest BCUT2D eigenvalue weighted by molar-refractivity contribution is 0.794. The summed E-state index contributed by atoms with van der Waals surface area (Å²) in [6, 6.07) is 59.2. The maximum Gasteiger partial charge on any atom is 0.189 e. The summed E-state index contributed by atoms with van der Waals surface area (Å²) < 4.78 is 0. The van der Waals surface area contributed by atoms with Gasteiger partial charge in [0.2, 0.25) is 0 Å². The molecule has 0 heterocycles. The topological polar surface area (TPSA) is 28.1 Å². The molecule has 0 saturated heterocycles. The molecule has 8 aromatic rings. The molecule has 0 fully saturated rings. The molecule has 0 unspecified atom stereocenters. The largest absolute Gasteiger partial charge is 0.238 e. The van der Waals surface area contributed by atoms with Gasteiger partial charge >= 0.3 is 0 Å². The molecule has 0 N–H and O–H groups in total. The van der Waals surface area contributed by atoms with Gasteiger partial charge in [0, 0.05) is 5.56 Å². The Morgan fingerprint density at radius 3 is 1.76 bits per heavy atom. The van der Waals surface area contributed by atoms with Crippen molar-refractivity contribution in [2.75, 3.05) is 0 Å². The van der Waals surface area contributed by atoms with Gasteiger partial charge in [-0.15, -0.1) is 0 Å². The lowest BCUT2D eigenvalue weighted by Crippen LogP contribution is -2.26. The molecule has 0 aliphatic heterocycles. The third kappa shape index (κ3) is 3.49. The van der Waals surface area contributed by atoms with Gasteiger partial charge in [0.25, 0.3) is 0 Å². The maximum absolute atomic E-state index is 9.81. The summed E-state index contributed by atoms with van der Waals surface area (Å²) in [6.45, 7) is 7.70. The van der Waals surface area contributed by atoms with Crippen LogP contribution in [0.4, 0.5) is 5.69 Å². The zero-order valence-corrected chi connectivity index (χ0v) is 27.4. The molecule has 8 aromatic carbocycles. The average Bonchev–Trinajstić information content (AvgIpc) is 3.80. The molecule has 0 bridgehead atoms. The third-order valence-corrected chi connectivity index (χ3v) is 11.4. The normalized spacial score (nSPS) is 13.2. The Bertz CT molecular complexity index is 2870. The van der Waals surface area contributed by atoms with Crippen LogP contribution in [0, 0.1) is 17.9 Å². The first kappa shape index (κ1) is 27.9. The summed E-state index contributed by atoms with van der Waals surface area (Å²) >= 11 is 0. The molecule has 11 rings (SSSR count). The Hall–Kier alpha value is -7.00. The summed E-state index contributed by atoms with van der Waals surface area (Å²) in [5.41, 5.74) is 20.1. The molecular weight excluding hydrogens is 617 g/mol. The fourth-order valence-electron chi connectivity index (χ4n) is 9.56. The first-order valence-electron chi connectivity index (χ1n) is 17.3. The second kappa shape index (κ2) is 10.0.